The van der Waals surface area contributed by atoms with Crippen LogP contribution in [0.2, 0.25) is 0 Å². The van der Waals surface area contributed by atoms with Gasteiger partial charge in [-0.2, -0.15) is 0 Å². The first kappa shape index (κ1) is 20.7. The van der Waals surface area contributed by atoms with E-state index >= 15 is 0 Å². The van der Waals surface area contributed by atoms with Gasteiger partial charge in [0.05, 0.1) is 11.5 Å². The van der Waals surface area contributed by atoms with E-state index in [1.54, 1.807) is 0 Å². The second kappa shape index (κ2) is 11.2. The molecule has 1 rings (SSSR count). The minimum absolute atomic E-state index is 0.0517. The van der Waals surface area contributed by atoms with Crippen LogP contribution in [0.5, 0.6) is 0 Å². The summed E-state index contributed by atoms with van der Waals surface area (Å²) < 4.78 is 28.0. The number of carbonyl (C=O) groups excluding carboxylic acids is 1. The Morgan fingerprint density at radius 1 is 1.29 bits per heavy atom. The smallest absolute Gasteiger partial charge is 0.222 e. The van der Waals surface area contributed by atoms with Gasteiger partial charge in [-0.1, -0.05) is 0 Å². The highest BCUT2D eigenvalue weighted by Gasteiger charge is 2.28. The van der Waals surface area contributed by atoms with Gasteiger partial charge in [0.15, 0.2) is 15.8 Å². The monoisotopic (exact) mass is 362 g/mol. The Hall–Kier alpha value is -1.35. The molecule has 0 aliphatic carbocycles. The number of amides is 1. The van der Waals surface area contributed by atoms with Crippen LogP contribution in [0.3, 0.4) is 0 Å². The molecular weight excluding hydrogens is 332 g/mol. The van der Waals surface area contributed by atoms with Crippen molar-refractivity contribution in [3.63, 3.8) is 0 Å². The number of carbonyl (C=O) groups is 1. The molecule has 3 N–H and O–H groups in total. The minimum atomic E-state index is -2.97. The number of nitrogens with zero attached hydrogens (tertiary/aromatic N) is 1. The average molecular weight is 362 g/mol. The van der Waals surface area contributed by atoms with Crippen molar-refractivity contribution < 1.29 is 17.9 Å². The molecule has 1 fully saturated rings. The van der Waals surface area contributed by atoms with Crippen molar-refractivity contribution in [3.05, 3.63) is 0 Å². The molecule has 0 bridgehead atoms. The third-order valence-corrected chi connectivity index (χ3v) is 5.28. The van der Waals surface area contributed by atoms with Gasteiger partial charge in [-0.05, 0) is 26.7 Å². The minimum Gasteiger partial charge on any atom is -0.382 e. The molecule has 8 nitrogen and oxygen atoms in total. The fourth-order valence-electron chi connectivity index (χ4n) is 2.35. The van der Waals surface area contributed by atoms with E-state index in [0.29, 0.717) is 38.7 Å². The number of nitrogens with one attached hydrogen (secondary N) is 3. The van der Waals surface area contributed by atoms with Crippen molar-refractivity contribution in [2.45, 2.75) is 39.2 Å². The summed E-state index contributed by atoms with van der Waals surface area (Å²) in [7, 11) is -2.97. The Labute approximate surface area is 144 Å². The average Bonchev–Trinajstić information content (AvgIpc) is 2.85. The van der Waals surface area contributed by atoms with Crippen LogP contribution in [0.15, 0.2) is 4.99 Å². The van der Waals surface area contributed by atoms with Crippen LogP contribution in [0.4, 0.5) is 0 Å². The molecule has 1 saturated heterocycles. The number of sulfone groups is 1. The largest absolute Gasteiger partial charge is 0.382 e. The predicted octanol–water partition coefficient (Wildman–Crippen LogP) is -0.338. The van der Waals surface area contributed by atoms with Gasteiger partial charge in [-0.15, -0.1) is 0 Å². The molecule has 1 aliphatic rings. The standard InChI is InChI=1S/C15H30N4O4S/c1-3-16-15(17-8-5-10-23-4-2)18-9-6-14(20)19-13-7-11-24(21,22)12-13/h13H,3-12H2,1-2H3,(H,19,20)(H2,16,17,18). The Balaban J connectivity index is 2.23. The van der Waals surface area contributed by atoms with Crippen molar-refractivity contribution >= 4 is 21.7 Å². The molecule has 1 amide bonds. The number of hydrogen-bond acceptors (Lipinski definition) is 5. The summed E-state index contributed by atoms with van der Waals surface area (Å²) in [6.45, 7) is 7.17. The molecule has 1 unspecified atom stereocenters. The second-order valence-corrected chi connectivity index (χ2v) is 7.88. The SMILES string of the molecule is CCNC(=NCCCOCC)NCCC(=O)NC1CCS(=O)(=O)C1. The lowest BCUT2D eigenvalue weighted by Gasteiger charge is -2.13. The summed E-state index contributed by atoms with van der Waals surface area (Å²) in [5.41, 5.74) is 0. The lowest BCUT2D eigenvalue weighted by Crippen LogP contribution is -2.41. The van der Waals surface area contributed by atoms with Crippen LogP contribution >= 0.6 is 0 Å². The Kier molecular flexibility index (Phi) is 9.70. The van der Waals surface area contributed by atoms with E-state index in [4.69, 9.17) is 4.74 Å². The van der Waals surface area contributed by atoms with Crippen molar-refractivity contribution in [2.75, 3.05) is 44.4 Å². The third-order valence-electron chi connectivity index (χ3n) is 3.51. The van der Waals surface area contributed by atoms with Crippen molar-refractivity contribution in [1.29, 1.82) is 0 Å². The summed E-state index contributed by atoms with van der Waals surface area (Å²) in [5.74, 6) is 0.743. The number of guanidine groups is 1. The molecule has 24 heavy (non-hydrogen) atoms. The fourth-order valence-corrected chi connectivity index (χ4v) is 4.02. The maximum absolute atomic E-state index is 11.9. The van der Waals surface area contributed by atoms with Gasteiger partial charge in [-0.3, -0.25) is 9.79 Å². The zero-order chi connectivity index (χ0) is 17.8. The number of aliphatic imine (C=N–C) groups is 1. The normalized spacial score (nSPS) is 19.9. The molecule has 1 aliphatic heterocycles. The van der Waals surface area contributed by atoms with Gasteiger partial charge >= 0.3 is 0 Å². The van der Waals surface area contributed by atoms with E-state index in [2.05, 4.69) is 20.9 Å². The molecular formula is C15H30N4O4S. The van der Waals surface area contributed by atoms with Crippen LogP contribution < -0.4 is 16.0 Å². The Bertz CT molecular complexity index is 508. The molecule has 0 spiro atoms. The highest BCUT2D eigenvalue weighted by atomic mass is 32.2. The van der Waals surface area contributed by atoms with E-state index in [1.807, 2.05) is 13.8 Å². The van der Waals surface area contributed by atoms with Gasteiger partial charge < -0.3 is 20.7 Å². The zero-order valence-electron chi connectivity index (χ0n) is 14.6. The first-order valence-electron chi connectivity index (χ1n) is 8.56. The number of ether oxygens (including phenoxy) is 1. The maximum atomic E-state index is 11.9. The van der Waals surface area contributed by atoms with Gasteiger partial charge in [0, 0.05) is 45.3 Å². The van der Waals surface area contributed by atoms with E-state index in [0.717, 1.165) is 13.0 Å². The molecule has 0 radical (unpaired) electrons. The topological polar surface area (TPSA) is 109 Å². The van der Waals surface area contributed by atoms with Crippen molar-refractivity contribution in [2.24, 2.45) is 4.99 Å². The van der Waals surface area contributed by atoms with Crippen molar-refractivity contribution in [1.82, 2.24) is 16.0 Å². The Morgan fingerprint density at radius 3 is 2.71 bits per heavy atom. The summed E-state index contributed by atoms with van der Waals surface area (Å²) in [5, 5.41) is 8.99. The van der Waals surface area contributed by atoms with Crippen LogP contribution in [-0.2, 0) is 19.4 Å². The lowest BCUT2D eigenvalue weighted by molar-refractivity contribution is -0.121. The van der Waals surface area contributed by atoms with E-state index in [9.17, 15) is 13.2 Å². The van der Waals surface area contributed by atoms with Gasteiger partial charge in [0.1, 0.15) is 0 Å². The van der Waals surface area contributed by atoms with Crippen LogP contribution in [0.1, 0.15) is 33.1 Å². The number of rotatable bonds is 10. The molecule has 0 aromatic carbocycles. The molecule has 1 atom stereocenters. The van der Waals surface area contributed by atoms with Gasteiger partial charge in [0.2, 0.25) is 5.91 Å². The predicted molar refractivity (Wildman–Crippen MR) is 94.9 cm³/mol. The van der Waals surface area contributed by atoms with E-state index in [1.165, 1.54) is 0 Å². The molecule has 0 aromatic rings. The molecule has 0 aromatic heterocycles. The molecule has 9 heteroatoms. The summed E-state index contributed by atoms with van der Waals surface area (Å²) in [6, 6.07) is -0.247. The fraction of sp³-hybridized carbons (Fsp3) is 0.867. The van der Waals surface area contributed by atoms with Crippen molar-refractivity contribution in [3.8, 4) is 0 Å². The second-order valence-electron chi connectivity index (χ2n) is 5.66. The third kappa shape index (κ3) is 9.07. The maximum Gasteiger partial charge on any atom is 0.222 e. The lowest BCUT2D eigenvalue weighted by atomic mass is 10.2. The quantitative estimate of drug-likeness (QED) is 0.279. The van der Waals surface area contributed by atoms with Crippen LogP contribution in [0.25, 0.3) is 0 Å². The summed E-state index contributed by atoms with van der Waals surface area (Å²) >= 11 is 0. The summed E-state index contributed by atoms with van der Waals surface area (Å²) in [6.07, 6.45) is 1.63. The molecule has 1 heterocycles. The van der Waals surface area contributed by atoms with Gasteiger partial charge in [0.25, 0.3) is 0 Å². The van der Waals surface area contributed by atoms with Crippen LogP contribution in [-0.4, -0.2) is 70.7 Å². The van der Waals surface area contributed by atoms with Crippen LogP contribution in [0, 0.1) is 0 Å². The molecule has 0 saturated carbocycles. The zero-order valence-corrected chi connectivity index (χ0v) is 15.5. The summed E-state index contributed by atoms with van der Waals surface area (Å²) in [4.78, 5) is 16.3. The van der Waals surface area contributed by atoms with E-state index in [-0.39, 0.29) is 29.9 Å². The molecule has 140 valence electrons. The first-order chi connectivity index (χ1) is 11.5. The van der Waals surface area contributed by atoms with Gasteiger partial charge in [-0.25, -0.2) is 8.42 Å². The number of hydrogen-bond donors (Lipinski definition) is 3. The van der Waals surface area contributed by atoms with E-state index < -0.39 is 9.84 Å². The Morgan fingerprint density at radius 2 is 2.08 bits per heavy atom. The highest BCUT2D eigenvalue weighted by molar-refractivity contribution is 7.91. The first-order valence-corrected chi connectivity index (χ1v) is 10.4. The highest BCUT2D eigenvalue weighted by Crippen LogP contribution is 2.11.